The number of H-pyrrole nitrogens is 1. The maximum atomic E-state index is 13.5. The van der Waals surface area contributed by atoms with E-state index < -0.39 is 5.41 Å². The Morgan fingerprint density at radius 2 is 2.32 bits per heavy atom. The number of ether oxygens (including phenoxy) is 1. The van der Waals surface area contributed by atoms with E-state index >= 15 is 0 Å². The lowest BCUT2D eigenvalue weighted by molar-refractivity contribution is -0.126. The van der Waals surface area contributed by atoms with Gasteiger partial charge in [-0.3, -0.25) is 4.79 Å². The zero-order chi connectivity index (χ0) is 15.7. The molecule has 2 aromatic rings. The van der Waals surface area contributed by atoms with E-state index in [-0.39, 0.29) is 17.8 Å². The summed E-state index contributed by atoms with van der Waals surface area (Å²) in [5, 5.41) is 3.71. The van der Waals surface area contributed by atoms with Gasteiger partial charge in [0.15, 0.2) is 0 Å². The highest BCUT2D eigenvalue weighted by atomic mass is 19.1. The van der Waals surface area contributed by atoms with Gasteiger partial charge in [0.25, 0.3) is 0 Å². The first-order valence-corrected chi connectivity index (χ1v) is 7.65. The van der Waals surface area contributed by atoms with Gasteiger partial charge in [0.2, 0.25) is 5.91 Å². The zero-order valence-corrected chi connectivity index (χ0v) is 12.9. The average Bonchev–Trinajstić information content (AvgIpc) is 3.13. The minimum Gasteiger partial charge on any atom is -0.376 e. The third kappa shape index (κ3) is 2.73. The van der Waals surface area contributed by atoms with E-state index in [2.05, 4.69) is 10.3 Å². The molecular weight excluding hydrogens is 283 g/mol. The van der Waals surface area contributed by atoms with Gasteiger partial charge in [-0.2, -0.15) is 0 Å². The molecule has 5 heteroatoms. The Morgan fingerprint density at radius 3 is 3.05 bits per heavy atom. The maximum Gasteiger partial charge on any atom is 0.230 e. The molecule has 2 heterocycles. The Morgan fingerprint density at radius 1 is 1.50 bits per heavy atom. The van der Waals surface area contributed by atoms with Crippen molar-refractivity contribution in [3.63, 3.8) is 0 Å². The normalized spacial score (nSPS) is 18.8. The highest BCUT2D eigenvalue weighted by molar-refractivity contribution is 5.94. The molecule has 1 fully saturated rings. The number of amides is 1. The fraction of sp³-hybridized carbons (Fsp3) is 0.471. The Hall–Kier alpha value is -1.88. The van der Waals surface area contributed by atoms with Crippen molar-refractivity contribution >= 4 is 16.8 Å². The SMILES string of the molecule is CC(C)(C(=O)NCC1CCCO1)c1c[nH]c2ccc(F)cc12. The lowest BCUT2D eigenvalue weighted by Crippen LogP contribution is -2.43. The van der Waals surface area contributed by atoms with Crippen molar-refractivity contribution in [3.05, 3.63) is 35.8 Å². The average molecular weight is 304 g/mol. The van der Waals surface area contributed by atoms with Crippen LogP contribution < -0.4 is 5.32 Å². The van der Waals surface area contributed by atoms with Crippen molar-refractivity contribution in [1.29, 1.82) is 0 Å². The van der Waals surface area contributed by atoms with Crippen LogP contribution in [0.3, 0.4) is 0 Å². The summed E-state index contributed by atoms with van der Waals surface area (Å²) in [6.07, 6.45) is 3.93. The van der Waals surface area contributed by atoms with E-state index in [1.54, 1.807) is 12.3 Å². The van der Waals surface area contributed by atoms with Crippen molar-refractivity contribution in [2.45, 2.75) is 38.2 Å². The van der Waals surface area contributed by atoms with Gasteiger partial charge >= 0.3 is 0 Å². The molecule has 3 rings (SSSR count). The molecule has 1 atom stereocenters. The summed E-state index contributed by atoms with van der Waals surface area (Å²) in [5.41, 5.74) is 0.883. The molecule has 1 saturated heterocycles. The maximum absolute atomic E-state index is 13.5. The largest absolute Gasteiger partial charge is 0.376 e. The Bertz CT molecular complexity index is 687. The van der Waals surface area contributed by atoms with E-state index in [1.807, 2.05) is 13.8 Å². The number of carbonyl (C=O) groups excluding carboxylic acids is 1. The number of fused-ring (bicyclic) bond motifs is 1. The molecule has 0 aliphatic carbocycles. The number of rotatable bonds is 4. The first-order valence-electron chi connectivity index (χ1n) is 7.65. The smallest absolute Gasteiger partial charge is 0.230 e. The first kappa shape index (κ1) is 15.0. The van der Waals surface area contributed by atoms with Crippen molar-refractivity contribution in [2.24, 2.45) is 0 Å². The number of nitrogens with one attached hydrogen (secondary N) is 2. The monoisotopic (exact) mass is 304 g/mol. The molecule has 0 saturated carbocycles. The van der Waals surface area contributed by atoms with E-state index in [0.717, 1.165) is 35.9 Å². The van der Waals surface area contributed by atoms with Gasteiger partial charge in [-0.1, -0.05) is 0 Å². The summed E-state index contributed by atoms with van der Waals surface area (Å²) in [7, 11) is 0. The van der Waals surface area contributed by atoms with Crippen molar-refractivity contribution < 1.29 is 13.9 Å². The van der Waals surface area contributed by atoms with E-state index in [9.17, 15) is 9.18 Å². The molecule has 0 spiro atoms. The van der Waals surface area contributed by atoms with Gasteiger partial charge in [0, 0.05) is 30.3 Å². The van der Waals surface area contributed by atoms with Crippen LogP contribution in [0, 0.1) is 5.82 Å². The third-order valence-electron chi connectivity index (χ3n) is 4.40. The number of aromatic amines is 1. The minimum absolute atomic E-state index is 0.0758. The number of hydrogen-bond donors (Lipinski definition) is 2. The third-order valence-corrected chi connectivity index (χ3v) is 4.40. The molecule has 4 nitrogen and oxygen atoms in total. The van der Waals surface area contributed by atoms with E-state index in [1.165, 1.54) is 12.1 Å². The summed E-state index contributed by atoms with van der Waals surface area (Å²) in [5.74, 6) is -0.378. The molecule has 1 unspecified atom stereocenters. The lowest BCUT2D eigenvalue weighted by Gasteiger charge is -2.24. The number of halogens is 1. The molecule has 1 aliphatic rings. The Kier molecular flexibility index (Phi) is 3.91. The van der Waals surface area contributed by atoms with Crippen molar-refractivity contribution in [1.82, 2.24) is 10.3 Å². The standard InChI is InChI=1S/C17H21FN2O2/c1-17(2,16(21)20-9-12-4-3-7-22-12)14-10-19-15-6-5-11(18)8-13(14)15/h5-6,8,10,12,19H,3-4,7,9H2,1-2H3,(H,20,21). The van der Waals surface area contributed by atoms with Crippen LogP contribution in [0.4, 0.5) is 4.39 Å². The second-order valence-electron chi connectivity index (χ2n) is 6.36. The molecule has 1 aromatic carbocycles. The van der Waals surface area contributed by atoms with Crippen LogP contribution in [0.5, 0.6) is 0 Å². The number of benzene rings is 1. The van der Waals surface area contributed by atoms with Gasteiger partial charge in [0.05, 0.1) is 11.5 Å². The van der Waals surface area contributed by atoms with Gasteiger partial charge in [-0.05, 0) is 50.5 Å². The highest BCUT2D eigenvalue weighted by Gasteiger charge is 2.32. The fourth-order valence-corrected chi connectivity index (χ4v) is 2.97. The number of aromatic nitrogens is 1. The van der Waals surface area contributed by atoms with E-state index in [4.69, 9.17) is 4.74 Å². The lowest BCUT2D eigenvalue weighted by atomic mass is 9.83. The molecule has 118 valence electrons. The Labute approximate surface area is 129 Å². The van der Waals surface area contributed by atoms with Gasteiger partial charge in [0.1, 0.15) is 5.82 Å². The van der Waals surface area contributed by atoms with Gasteiger partial charge in [-0.25, -0.2) is 4.39 Å². The van der Waals surface area contributed by atoms with Crippen LogP contribution in [0.25, 0.3) is 10.9 Å². The van der Waals surface area contributed by atoms with Crippen molar-refractivity contribution in [2.75, 3.05) is 13.2 Å². The predicted octanol–water partition coefficient (Wildman–Crippen LogP) is 2.88. The summed E-state index contributed by atoms with van der Waals surface area (Å²) >= 11 is 0. The molecule has 0 bridgehead atoms. The van der Waals surface area contributed by atoms with Crippen LogP contribution in [-0.4, -0.2) is 30.1 Å². The minimum atomic E-state index is -0.745. The summed E-state index contributed by atoms with van der Waals surface area (Å²) in [4.78, 5) is 15.7. The molecule has 0 radical (unpaired) electrons. The summed E-state index contributed by atoms with van der Waals surface area (Å²) < 4.78 is 19.0. The second-order valence-corrected chi connectivity index (χ2v) is 6.36. The summed E-state index contributed by atoms with van der Waals surface area (Å²) in [6.45, 7) is 5.00. The van der Waals surface area contributed by atoms with Gasteiger partial charge in [-0.15, -0.1) is 0 Å². The highest BCUT2D eigenvalue weighted by Crippen LogP contribution is 2.31. The quantitative estimate of drug-likeness (QED) is 0.912. The summed E-state index contributed by atoms with van der Waals surface area (Å²) in [6, 6.07) is 4.57. The Balaban J connectivity index is 1.80. The molecule has 1 aliphatic heterocycles. The molecular formula is C17H21FN2O2. The topological polar surface area (TPSA) is 54.1 Å². The molecule has 2 N–H and O–H groups in total. The molecule has 22 heavy (non-hydrogen) atoms. The van der Waals surface area contributed by atoms with Crippen molar-refractivity contribution in [3.8, 4) is 0 Å². The van der Waals surface area contributed by atoms with E-state index in [0.29, 0.717) is 6.54 Å². The van der Waals surface area contributed by atoms with Crippen LogP contribution >= 0.6 is 0 Å². The predicted molar refractivity (Wildman–Crippen MR) is 83.3 cm³/mol. The fourth-order valence-electron chi connectivity index (χ4n) is 2.97. The second kappa shape index (κ2) is 5.72. The molecule has 1 aromatic heterocycles. The first-order chi connectivity index (χ1) is 10.5. The zero-order valence-electron chi connectivity index (χ0n) is 12.9. The number of carbonyl (C=O) groups is 1. The van der Waals surface area contributed by atoms with Crippen LogP contribution in [0.15, 0.2) is 24.4 Å². The van der Waals surface area contributed by atoms with Crippen LogP contribution in [0.1, 0.15) is 32.3 Å². The van der Waals surface area contributed by atoms with Crippen LogP contribution in [-0.2, 0) is 14.9 Å². The van der Waals surface area contributed by atoms with Gasteiger partial charge < -0.3 is 15.0 Å². The number of hydrogen-bond acceptors (Lipinski definition) is 2. The molecule has 1 amide bonds. The van der Waals surface area contributed by atoms with Crippen LogP contribution in [0.2, 0.25) is 0 Å².